The van der Waals surface area contributed by atoms with E-state index in [9.17, 15) is 0 Å². The maximum Gasteiger partial charge on any atom is 0.142 e. The zero-order chi connectivity index (χ0) is 12.4. The van der Waals surface area contributed by atoms with Crippen LogP contribution in [0.3, 0.4) is 0 Å². The van der Waals surface area contributed by atoms with E-state index in [2.05, 4.69) is 29.2 Å². The standard InChI is InChI=1S/C15H16N2O/c16-13-6-7-15-14(10-13)17(8-9-18-15)11-12-4-2-1-3-5-12/h1-7,10H,8-9,11,16H2. The third kappa shape index (κ3) is 2.12. The molecule has 1 aliphatic rings. The van der Waals surface area contributed by atoms with Crippen LogP contribution < -0.4 is 15.4 Å². The molecule has 1 heterocycles. The van der Waals surface area contributed by atoms with E-state index in [0.717, 1.165) is 36.8 Å². The molecule has 2 aromatic carbocycles. The van der Waals surface area contributed by atoms with Gasteiger partial charge in [0.1, 0.15) is 12.4 Å². The fraction of sp³-hybridized carbons (Fsp3) is 0.200. The lowest BCUT2D eigenvalue weighted by Crippen LogP contribution is -2.32. The zero-order valence-electron chi connectivity index (χ0n) is 10.2. The first kappa shape index (κ1) is 11.0. The second-order valence-corrected chi connectivity index (χ2v) is 4.48. The van der Waals surface area contributed by atoms with Gasteiger partial charge in [-0.2, -0.15) is 0 Å². The van der Waals surface area contributed by atoms with Crippen LogP contribution in [-0.2, 0) is 6.54 Å². The Bertz CT molecular complexity index is 539. The number of anilines is 2. The summed E-state index contributed by atoms with van der Waals surface area (Å²) in [5.74, 6) is 0.923. The highest BCUT2D eigenvalue weighted by Gasteiger charge is 2.18. The summed E-state index contributed by atoms with van der Waals surface area (Å²) in [5.41, 5.74) is 9.02. The number of nitrogens with two attached hydrogens (primary N) is 1. The molecule has 18 heavy (non-hydrogen) atoms. The van der Waals surface area contributed by atoms with Gasteiger partial charge in [0, 0.05) is 12.2 Å². The summed E-state index contributed by atoms with van der Waals surface area (Å²) in [5, 5.41) is 0. The molecule has 0 aromatic heterocycles. The number of nitrogens with zero attached hydrogens (tertiary/aromatic N) is 1. The summed E-state index contributed by atoms with van der Waals surface area (Å²) in [4.78, 5) is 2.31. The lowest BCUT2D eigenvalue weighted by atomic mass is 10.1. The summed E-state index contributed by atoms with van der Waals surface area (Å²) in [6, 6.07) is 16.3. The summed E-state index contributed by atoms with van der Waals surface area (Å²) in [6.07, 6.45) is 0. The minimum absolute atomic E-state index is 0.726. The minimum Gasteiger partial charge on any atom is -0.490 e. The minimum atomic E-state index is 0.726. The molecule has 0 saturated heterocycles. The number of nitrogen functional groups attached to an aromatic ring is 1. The van der Waals surface area contributed by atoms with E-state index >= 15 is 0 Å². The molecular formula is C15H16N2O. The first-order chi connectivity index (χ1) is 8.83. The molecule has 3 rings (SSSR count). The van der Waals surface area contributed by atoms with Gasteiger partial charge in [0.25, 0.3) is 0 Å². The SMILES string of the molecule is Nc1ccc2c(c1)N(Cc1ccccc1)CCO2. The first-order valence-corrected chi connectivity index (χ1v) is 6.14. The third-order valence-corrected chi connectivity index (χ3v) is 3.16. The predicted molar refractivity (Wildman–Crippen MR) is 73.8 cm³/mol. The monoisotopic (exact) mass is 240 g/mol. The van der Waals surface area contributed by atoms with Gasteiger partial charge in [-0.3, -0.25) is 0 Å². The van der Waals surface area contributed by atoms with Crippen molar-refractivity contribution in [3.05, 3.63) is 54.1 Å². The number of hydrogen-bond acceptors (Lipinski definition) is 3. The Morgan fingerprint density at radius 1 is 1.11 bits per heavy atom. The van der Waals surface area contributed by atoms with E-state index in [4.69, 9.17) is 10.5 Å². The van der Waals surface area contributed by atoms with Crippen LogP contribution in [0.25, 0.3) is 0 Å². The molecule has 2 aromatic rings. The molecule has 0 atom stereocenters. The summed E-state index contributed by atoms with van der Waals surface area (Å²) < 4.78 is 5.65. The molecule has 3 nitrogen and oxygen atoms in total. The van der Waals surface area contributed by atoms with Gasteiger partial charge >= 0.3 is 0 Å². The van der Waals surface area contributed by atoms with Crippen molar-refractivity contribution in [2.45, 2.75) is 6.54 Å². The van der Waals surface area contributed by atoms with Crippen molar-refractivity contribution in [3.8, 4) is 5.75 Å². The Hall–Kier alpha value is -2.16. The fourth-order valence-corrected chi connectivity index (χ4v) is 2.26. The second kappa shape index (κ2) is 4.61. The van der Waals surface area contributed by atoms with Crippen molar-refractivity contribution < 1.29 is 4.74 Å². The normalized spacial score (nSPS) is 13.9. The Balaban J connectivity index is 1.89. The average Bonchev–Trinajstić information content (AvgIpc) is 2.41. The van der Waals surface area contributed by atoms with Crippen LogP contribution in [0.15, 0.2) is 48.5 Å². The lowest BCUT2D eigenvalue weighted by molar-refractivity contribution is 0.307. The smallest absolute Gasteiger partial charge is 0.142 e. The van der Waals surface area contributed by atoms with E-state index < -0.39 is 0 Å². The van der Waals surface area contributed by atoms with Crippen molar-refractivity contribution in [1.82, 2.24) is 0 Å². The second-order valence-electron chi connectivity index (χ2n) is 4.48. The highest BCUT2D eigenvalue weighted by atomic mass is 16.5. The van der Waals surface area contributed by atoms with Crippen LogP contribution >= 0.6 is 0 Å². The molecule has 0 amide bonds. The van der Waals surface area contributed by atoms with Crippen LogP contribution in [0.1, 0.15) is 5.56 Å². The number of ether oxygens (including phenoxy) is 1. The van der Waals surface area contributed by atoms with Crippen molar-refractivity contribution in [3.63, 3.8) is 0 Å². The van der Waals surface area contributed by atoms with Crippen molar-refractivity contribution in [1.29, 1.82) is 0 Å². The van der Waals surface area contributed by atoms with Crippen molar-refractivity contribution >= 4 is 11.4 Å². The van der Waals surface area contributed by atoms with Crippen LogP contribution in [0.4, 0.5) is 11.4 Å². The molecule has 0 radical (unpaired) electrons. The number of benzene rings is 2. The number of hydrogen-bond donors (Lipinski definition) is 1. The molecule has 2 N–H and O–H groups in total. The van der Waals surface area contributed by atoms with Crippen LogP contribution in [0, 0.1) is 0 Å². The molecule has 0 bridgehead atoms. The maximum atomic E-state index is 5.86. The molecule has 0 spiro atoms. The Kier molecular flexibility index (Phi) is 2.81. The first-order valence-electron chi connectivity index (χ1n) is 6.14. The van der Waals surface area contributed by atoms with E-state index in [1.807, 2.05) is 24.3 Å². The Morgan fingerprint density at radius 2 is 1.94 bits per heavy atom. The predicted octanol–water partition coefficient (Wildman–Crippen LogP) is 2.67. The van der Waals surface area contributed by atoms with Gasteiger partial charge in [0.2, 0.25) is 0 Å². The molecule has 0 aliphatic carbocycles. The quantitative estimate of drug-likeness (QED) is 0.820. The van der Waals surface area contributed by atoms with Gasteiger partial charge in [-0.25, -0.2) is 0 Å². The van der Waals surface area contributed by atoms with Gasteiger partial charge < -0.3 is 15.4 Å². The Labute approximate surface area is 107 Å². The molecule has 0 saturated carbocycles. The van der Waals surface area contributed by atoms with E-state index in [-0.39, 0.29) is 0 Å². The van der Waals surface area contributed by atoms with Crippen molar-refractivity contribution in [2.24, 2.45) is 0 Å². The lowest BCUT2D eigenvalue weighted by Gasteiger charge is -2.31. The molecule has 0 unspecified atom stereocenters. The van der Waals surface area contributed by atoms with E-state index in [1.165, 1.54) is 5.56 Å². The third-order valence-electron chi connectivity index (χ3n) is 3.16. The van der Waals surface area contributed by atoms with Crippen LogP contribution in [0.2, 0.25) is 0 Å². The highest BCUT2D eigenvalue weighted by molar-refractivity contribution is 5.66. The van der Waals surface area contributed by atoms with Crippen LogP contribution in [-0.4, -0.2) is 13.2 Å². The van der Waals surface area contributed by atoms with Gasteiger partial charge in [-0.1, -0.05) is 30.3 Å². The summed E-state index contributed by atoms with van der Waals surface area (Å²) >= 11 is 0. The van der Waals surface area contributed by atoms with E-state index in [0.29, 0.717) is 0 Å². The average molecular weight is 240 g/mol. The number of fused-ring (bicyclic) bond motifs is 1. The summed E-state index contributed by atoms with van der Waals surface area (Å²) in [6.45, 7) is 2.51. The van der Waals surface area contributed by atoms with Crippen LogP contribution in [0.5, 0.6) is 5.75 Å². The molecule has 92 valence electrons. The summed E-state index contributed by atoms with van der Waals surface area (Å²) in [7, 11) is 0. The van der Waals surface area contributed by atoms with E-state index in [1.54, 1.807) is 0 Å². The molecule has 1 aliphatic heterocycles. The Morgan fingerprint density at radius 3 is 2.78 bits per heavy atom. The van der Waals surface area contributed by atoms with Gasteiger partial charge in [0.05, 0.1) is 12.2 Å². The highest BCUT2D eigenvalue weighted by Crippen LogP contribution is 2.34. The number of rotatable bonds is 2. The van der Waals surface area contributed by atoms with Gasteiger partial charge in [-0.05, 0) is 23.8 Å². The zero-order valence-corrected chi connectivity index (χ0v) is 10.2. The van der Waals surface area contributed by atoms with Gasteiger partial charge in [-0.15, -0.1) is 0 Å². The maximum absolute atomic E-state index is 5.86. The fourth-order valence-electron chi connectivity index (χ4n) is 2.26. The molecular weight excluding hydrogens is 224 g/mol. The molecule has 3 heteroatoms. The molecule has 0 fully saturated rings. The van der Waals surface area contributed by atoms with Crippen molar-refractivity contribution in [2.75, 3.05) is 23.8 Å². The largest absolute Gasteiger partial charge is 0.490 e. The topological polar surface area (TPSA) is 38.5 Å². The van der Waals surface area contributed by atoms with Gasteiger partial charge in [0.15, 0.2) is 0 Å².